The van der Waals surface area contributed by atoms with Crippen molar-refractivity contribution in [3.63, 3.8) is 0 Å². The third kappa shape index (κ3) is 5.90. The minimum absolute atomic E-state index is 0.0877. The van der Waals surface area contributed by atoms with Crippen molar-refractivity contribution in [2.24, 2.45) is 0 Å². The molecule has 9 heteroatoms. The van der Waals surface area contributed by atoms with Gasteiger partial charge in [0.05, 0.1) is 29.1 Å². The van der Waals surface area contributed by atoms with E-state index in [1.54, 1.807) is 60.7 Å². The van der Waals surface area contributed by atoms with Gasteiger partial charge in [0, 0.05) is 0 Å². The molecule has 0 aromatic heterocycles. The maximum Gasteiger partial charge on any atom is 0.343 e. The van der Waals surface area contributed by atoms with Gasteiger partial charge in [0.15, 0.2) is 11.5 Å². The zero-order chi connectivity index (χ0) is 25.7. The van der Waals surface area contributed by atoms with Crippen LogP contribution in [0.5, 0.6) is 17.2 Å². The van der Waals surface area contributed by atoms with Crippen LogP contribution in [0.25, 0.3) is 6.08 Å². The van der Waals surface area contributed by atoms with Crippen molar-refractivity contribution in [1.29, 1.82) is 0 Å². The van der Waals surface area contributed by atoms with Gasteiger partial charge in [-0.05, 0) is 66.7 Å². The number of imide groups is 1. The van der Waals surface area contributed by atoms with E-state index in [4.69, 9.17) is 25.8 Å². The molecule has 184 valence electrons. The number of esters is 1. The zero-order valence-electron chi connectivity index (χ0n) is 19.5. The summed E-state index contributed by atoms with van der Waals surface area (Å²) in [7, 11) is 1.45. The number of thioether (sulfide) groups is 1. The van der Waals surface area contributed by atoms with Crippen molar-refractivity contribution < 1.29 is 28.6 Å². The number of nitrogens with zero attached hydrogens (tertiary/aromatic N) is 1. The molecule has 1 aliphatic rings. The number of amides is 2. The third-order valence-electron chi connectivity index (χ3n) is 5.26. The smallest absolute Gasteiger partial charge is 0.343 e. The molecule has 0 atom stereocenters. The summed E-state index contributed by atoms with van der Waals surface area (Å²) >= 11 is 6.91. The summed E-state index contributed by atoms with van der Waals surface area (Å²) in [5.41, 5.74) is 2.06. The van der Waals surface area contributed by atoms with Crippen molar-refractivity contribution in [2.45, 2.75) is 6.92 Å². The SMILES string of the molecule is COc1cc(/C=C2\SC(=O)N(CCOc3ccccc3Cl)C2=O)ccc1OC(=O)c1ccc(C)cc1. The molecule has 0 saturated carbocycles. The molecule has 0 radical (unpaired) electrons. The first-order valence-corrected chi connectivity index (χ1v) is 12.1. The number of halogens is 1. The number of benzene rings is 3. The number of para-hydroxylation sites is 1. The molecular formula is C27H22ClNO6S. The van der Waals surface area contributed by atoms with Gasteiger partial charge in [0.25, 0.3) is 11.1 Å². The second-order valence-corrected chi connectivity index (χ2v) is 9.18. The Balaban J connectivity index is 1.43. The molecule has 3 aromatic rings. The molecule has 2 amide bonds. The topological polar surface area (TPSA) is 82.1 Å². The van der Waals surface area contributed by atoms with E-state index in [1.165, 1.54) is 7.11 Å². The quantitative estimate of drug-likeness (QED) is 0.204. The van der Waals surface area contributed by atoms with Gasteiger partial charge in [0.1, 0.15) is 12.4 Å². The highest BCUT2D eigenvalue weighted by Crippen LogP contribution is 2.35. The zero-order valence-corrected chi connectivity index (χ0v) is 21.1. The molecule has 0 spiro atoms. The van der Waals surface area contributed by atoms with Crippen LogP contribution in [0.3, 0.4) is 0 Å². The van der Waals surface area contributed by atoms with Gasteiger partial charge in [-0.15, -0.1) is 0 Å². The summed E-state index contributed by atoms with van der Waals surface area (Å²) in [5.74, 6) is 0.112. The number of methoxy groups -OCH3 is 1. The Morgan fingerprint density at radius 3 is 2.47 bits per heavy atom. The molecule has 0 unspecified atom stereocenters. The molecule has 36 heavy (non-hydrogen) atoms. The predicted molar refractivity (Wildman–Crippen MR) is 139 cm³/mol. The van der Waals surface area contributed by atoms with Crippen molar-refractivity contribution in [1.82, 2.24) is 4.90 Å². The first-order chi connectivity index (χ1) is 17.4. The number of carbonyl (C=O) groups is 3. The lowest BCUT2D eigenvalue weighted by molar-refractivity contribution is -0.123. The number of rotatable bonds is 8. The van der Waals surface area contributed by atoms with Crippen molar-refractivity contribution >= 4 is 46.6 Å². The van der Waals surface area contributed by atoms with Gasteiger partial charge in [-0.3, -0.25) is 14.5 Å². The fourth-order valence-corrected chi connectivity index (χ4v) is 4.41. The van der Waals surface area contributed by atoms with Gasteiger partial charge in [-0.2, -0.15) is 0 Å². The van der Waals surface area contributed by atoms with Crippen LogP contribution >= 0.6 is 23.4 Å². The van der Waals surface area contributed by atoms with Crippen LogP contribution in [0.1, 0.15) is 21.5 Å². The number of hydrogen-bond donors (Lipinski definition) is 0. The summed E-state index contributed by atoms with van der Waals surface area (Å²) in [4.78, 5) is 39.1. The highest BCUT2D eigenvalue weighted by Gasteiger charge is 2.34. The van der Waals surface area contributed by atoms with Gasteiger partial charge >= 0.3 is 5.97 Å². The number of carbonyl (C=O) groups excluding carboxylic acids is 3. The van der Waals surface area contributed by atoms with E-state index in [2.05, 4.69) is 0 Å². The normalized spacial score (nSPS) is 14.3. The summed E-state index contributed by atoms with van der Waals surface area (Å²) in [6.07, 6.45) is 1.59. The lowest BCUT2D eigenvalue weighted by Gasteiger charge is -2.13. The Kier molecular flexibility index (Phi) is 7.97. The molecule has 1 fully saturated rings. The van der Waals surface area contributed by atoms with E-state index in [0.717, 1.165) is 22.2 Å². The predicted octanol–water partition coefficient (Wildman–Crippen LogP) is 5.99. The lowest BCUT2D eigenvalue weighted by Crippen LogP contribution is -2.32. The van der Waals surface area contributed by atoms with E-state index in [9.17, 15) is 14.4 Å². The Morgan fingerprint density at radius 2 is 1.75 bits per heavy atom. The van der Waals surface area contributed by atoms with Gasteiger partial charge in [0.2, 0.25) is 0 Å². The fraction of sp³-hybridized carbons (Fsp3) is 0.148. The van der Waals surface area contributed by atoms with E-state index in [0.29, 0.717) is 27.6 Å². The Hall–Kier alpha value is -3.75. The van der Waals surface area contributed by atoms with Crippen molar-refractivity contribution in [3.8, 4) is 17.2 Å². The molecule has 1 aliphatic heterocycles. The van der Waals surface area contributed by atoms with Crippen LogP contribution in [-0.4, -0.2) is 42.3 Å². The Morgan fingerprint density at radius 1 is 1.00 bits per heavy atom. The minimum Gasteiger partial charge on any atom is -0.493 e. The van der Waals surface area contributed by atoms with Crippen LogP contribution < -0.4 is 14.2 Å². The monoisotopic (exact) mass is 523 g/mol. The van der Waals surface area contributed by atoms with Crippen molar-refractivity contribution in [3.05, 3.63) is 93.3 Å². The standard InChI is InChI=1S/C27H22ClNO6S/c1-17-7-10-19(11-8-17)26(31)35-22-12-9-18(15-23(22)33-2)16-24-25(30)29(27(32)36-24)13-14-34-21-6-4-3-5-20(21)28/h3-12,15-16H,13-14H2,1-2H3/b24-16-. The number of aryl methyl sites for hydroxylation is 1. The average Bonchev–Trinajstić information content (AvgIpc) is 3.13. The molecule has 0 aliphatic carbocycles. The van der Waals surface area contributed by atoms with Crippen molar-refractivity contribution in [2.75, 3.05) is 20.3 Å². The second-order valence-electron chi connectivity index (χ2n) is 7.78. The maximum atomic E-state index is 12.8. The highest BCUT2D eigenvalue weighted by atomic mass is 35.5. The molecule has 4 rings (SSSR count). The largest absolute Gasteiger partial charge is 0.493 e. The van der Waals surface area contributed by atoms with Crippen LogP contribution in [0.15, 0.2) is 71.6 Å². The first kappa shape index (κ1) is 25.3. The van der Waals surface area contributed by atoms with Gasteiger partial charge < -0.3 is 14.2 Å². The Bertz CT molecular complexity index is 1340. The molecule has 0 bridgehead atoms. The van der Waals surface area contributed by atoms with Crippen LogP contribution in [0.4, 0.5) is 4.79 Å². The van der Waals surface area contributed by atoms with Gasteiger partial charge in [-0.25, -0.2) is 4.79 Å². The maximum absolute atomic E-state index is 12.8. The molecule has 3 aromatic carbocycles. The molecule has 1 saturated heterocycles. The number of ether oxygens (including phenoxy) is 3. The summed E-state index contributed by atoms with van der Waals surface area (Å²) in [6.45, 7) is 2.13. The molecule has 1 heterocycles. The second kappa shape index (κ2) is 11.3. The molecular weight excluding hydrogens is 502 g/mol. The molecule has 0 N–H and O–H groups in total. The van der Waals surface area contributed by atoms with Crippen LogP contribution in [-0.2, 0) is 4.79 Å². The summed E-state index contributed by atoms with van der Waals surface area (Å²) in [5, 5.41) is 0.0677. The van der Waals surface area contributed by atoms with E-state index >= 15 is 0 Å². The average molecular weight is 524 g/mol. The van der Waals surface area contributed by atoms with E-state index in [-0.39, 0.29) is 29.0 Å². The van der Waals surface area contributed by atoms with Crippen LogP contribution in [0, 0.1) is 6.92 Å². The Labute approximate surface area is 217 Å². The summed E-state index contributed by atoms with van der Waals surface area (Å²) in [6, 6.07) is 18.9. The lowest BCUT2D eigenvalue weighted by atomic mass is 10.1. The molecule has 7 nitrogen and oxygen atoms in total. The first-order valence-electron chi connectivity index (χ1n) is 11.0. The minimum atomic E-state index is -0.513. The fourth-order valence-electron chi connectivity index (χ4n) is 3.36. The van der Waals surface area contributed by atoms with E-state index in [1.807, 2.05) is 19.1 Å². The highest BCUT2D eigenvalue weighted by molar-refractivity contribution is 8.18. The van der Waals surface area contributed by atoms with Gasteiger partial charge in [-0.1, -0.05) is 47.5 Å². The van der Waals surface area contributed by atoms with Crippen LogP contribution in [0.2, 0.25) is 5.02 Å². The van der Waals surface area contributed by atoms with E-state index < -0.39 is 11.9 Å². The number of hydrogen-bond acceptors (Lipinski definition) is 7. The summed E-state index contributed by atoms with van der Waals surface area (Å²) < 4.78 is 16.5. The third-order valence-corrected chi connectivity index (χ3v) is 6.48.